The number of carbonyl (C=O) groups excluding carboxylic acids is 1. The fourth-order valence-corrected chi connectivity index (χ4v) is 3.28. The molecule has 192 valence electrons. The number of carbonyl (C=O) groups is 1. The number of nitrogens with zero attached hydrogens (tertiary/aromatic N) is 1. The molecule has 1 aromatic carbocycles. The van der Waals surface area contributed by atoms with Gasteiger partial charge in [-0.2, -0.15) is 4.98 Å². The van der Waals surface area contributed by atoms with Crippen molar-refractivity contribution >= 4 is 17.1 Å². The van der Waals surface area contributed by atoms with Gasteiger partial charge in [-0.1, -0.05) is 30.3 Å². The van der Waals surface area contributed by atoms with Crippen LogP contribution in [0.1, 0.15) is 11.1 Å². The molecule has 2 aromatic heterocycles. The molecule has 3 rings (SSSR count). The van der Waals surface area contributed by atoms with E-state index >= 15 is 0 Å². The van der Waals surface area contributed by atoms with E-state index in [-0.39, 0.29) is 18.9 Å². The number of hydrogen-bond donors (Lipinski definition) is 0. The van der Waals surface area contributed by atoms with Crippen molar-refractivity contribution in [3.63, 3.8) is 0 Å². The number of hydrogen-bond acceptors (Lipinski definition) is 9. The van der Waals surface area contributed by atoms with Crippen LogP contribution in [0.25, 0.3) is 22.2 Å². The predicted molar refractivity (Wildman–Crippen MR) is 134 cm³/mol. The summed E-state index contributed by atoms with van der Waals surface area (Å²) in [5.74, 6) is -0.123. The molecule has 0 saturated carbocycles. The van der Waals surface area contributed by atoms with Crippen LogP contribution < -0.4 is 10.4 Å². The maximum atomic E-state index is 12.6. The first-order chi connectivity index (χ1) is 17.5. The van der Waals surface area contributed by atoms with Crippen LogP contribution in [-0.2, 0) is 23.7 Å². The van der Waals surface area contributed by atoms with Crippen molar-refractivity contribution < 1.29 is 32.9 Å². The summed E-state index contributed by atoms with van der Waals surface area (Å²) in [6, 6.07) is 11.3. The smallest absolute Gasteiger partial charge is 0.345 e. The molecule has 2 heterocycles. The van der Waals surface area contributed by atoms with Crippen molar-refractivity contribution in [2.24, 2.45) is 0 Å². The van der Waals surface area contributed by atoms with Crippen LogP contribution in [0.3, 0.4) is 0 Å². The number of aromatic nitrogens is 1. The van der Waals surface area contributed by atoms with E-state index in [9.17, 15) is 9.59 Å². The number of fused-ring (bicyclic) bond motifs is 1. The summed E-state index contributed by atoms with van der Waals surface area (Å²) < 4.78 is 32.0. The van der Waals surface area contributed by atoms with E-state index < -0.39 is 11.6 Å². The summed E-state index contributed by atoms with van der Waals surface area (Å²) >= 11 is 0. The van der Waals surface area contributed by atoms with Gasteiger partial charge in [-0.15, -0.1) is 0 Å². The van der Waals surface area contributed by atoms with Gasteiger partial charge in [-0.3, -0.25) is 0 Å². The Bertz CT molecular complexity index is 1220. The quantitative estimate of drug-likeness (QED) is 0.177. The molecule has 0 aliphatic carbocycles. The molecule has 0 fully saturated rings. The van der Waals surface area contributed by atoms with Crippen LogP contribution in [0.4, 0.5) is 0 Å². The van der Waals surface area contributed by atoms with Crippen molar-refractivity contribution in [2.45, 2.75) is 13.8 Å². The summed E-state index contributed by atoms with van der Waals surface area (Å²) in [5, 5.41) is 0.716. The van der Waals surface area contributed by atoms with Gasteiger partial charge in [0.25, 0.3) is 0 Å². The highest BCUT2D eigenvalue weighted by molar-refractivity contribution is 5.81. The Morgan fingerprint density at radius 3 is 2.25 bits per heavy atom. The first-order valence-electron chi connectivity index (χ1n) is 11.7. The van der Waals surface area contributed by atoms with Crippen molar-refractivity contribution in [1.29, 1.82) is 0 Å². The van der Waals surface area contributed by atoms with E-state index in [1.54, 1.807) is 12.1 Å². The van der Waals surface area contributed by atoms with E-state index in [1.165, 1.54) is 0 Å². The third-order valence-electron chi connectivity index (χ3n) is 5.12. The van der Waals surface area contributed by atoms with Crippen LogP contribution in [0.5, 0.6) is 5.88 Å². The van der Waals surface area contributed by atoms with Crippen LogP contribution in [0.15, 0.2) is 58.3 Å². The van der Waals surface area contributed by atoms with E-state index in [2.05, 4.69) is 11.6 Å². The van der Waals surface area contributed by atoms with Gasteiger partial charge in [-0.05, 0) is 37.1 Å². The molecule has 9 heteroatoms. The van der Waals surface area contributed by atoms with Crippen LogP contribution in [-0.4, -0.2) is 63.8 Å². The molecular weight excluding hydrogens is 466 g/mol. The lowest BCUT2D eigenvalue weighted by atomic mass is 9.99. The zero-order valence-electron chi connectivity index (χ0n) is 20.6. The number of aryl methyl sites for hydroxylation is 2. The molecule has 0 amide bonds. The summed E-state index contributed by atoms with van der Waals surface area (Å²) in [5.41, 5.74) is 3.22. The Balaban J connectivity index is 1.35. The van der Waals surface area contributed by atoms with Gasteiger partial charge < -0.3 is 28.1 Å². The molecule has 36 heavy (non-hydrogen) atoms. The Labute approximate surface area is 209 Å². The molecule has 9 nitrogen and oxygen atoms in total. The van der Waals surface area contributed by atoms with Crippen molar-refractivity contribution in [3.05, 3.63) is 70.6 Å². The van der Waals surface area contributed by atoms with Gasteiger partial charge in [-0.25, -0.2) is 9.59 Å². The number of benzene rings is 1. The second kappa shape index (κ2) is 14.1. The zero-order chi connectivity index (χ0) is 25.8. The lowest BCUT2D eigenvalue weighted by Crippen LogP contribution is -2.14. The van der Waals surface area contributed by atoms with E-state index in [0.717, 1.165) is 22.8 Å². The molecular formula is C27H31NO8. The van der Waals surface area contributed by atoms with Crippen LogP contribution in [0.2, 0.25) is 0 Å². The summed E-state index contributed by atoms with van der Waals surface area (Å²) in [6.07, 6.45) is 1.11. The van der Waals surface area contributed by atoms with E-state index in [0.29, 0.717) is 56.5 Å². The molecule has 0 aliphatic rings. The lowest BCUT2D eigenvalue weighted by molar-refractivity contribution is -0.139. The Morgan fingerprint density at radius 2 is 1.56 bits per heavy atom. The third kappa shape index (κ3) is 8.30. The standard InChI is InChI=1S/C27H31NO8/c1-4-25(29)35-16-14-33-12-10-31-9-11-32-13-15-34-24-8-7-21-18-23(27(30)36-26(21)28-24)22-17-19(2)5-6-20(22)3/h4-8,17-18H,1,9-16H2,2-3H3. The zero-order valence-corrected chi connectivity index (χ0v) is 20.6. The topological polar surface area (TPSA) is 106 Å². The maximum absolute atomic E-state index is 12.6. The Hall–Kier alpha value is -3.53. The average molecular weight is 498 g/mol. The van der Waals surface area contributed by atoms with Crippen molar-refractivity contribution in [1.82, 2.24) is 4.98 Å². The van der Waals surface area contributed by atoms with Gasteiger partial charge in [0, 0.05) is 17.5 Å². The second-order valence-corrected chi connectivity index (χ2v) is 7.87. The molecule has 0 radical (unpaired) electrons. The summed E-state index contributed by atoms with van der Waals surface area (Å²) in [7, 11) is 0. The van der Waals surface area contributed by atoms with E-state index in [1.807, 2.05) is 38.1 Å². The minimum atomic E-state index is -0.471. The Morgan fingerprint density at radius 1 is 0.889 bits per heavy atom. The molecule has 0 bridgehead atoms. The fourth-order valence-electron chi connectivity index (χ4n) is 3.28. The monoisotopic (exact) mass is 497 g/mol. The fraction of sp³-hybridized carbons (Fsp3) is 0.370. The highest BCUT2D eigenvalue weighted by Gasteiger charge is 2.12. The van der Waals surface area contributed by atoms with Crippen molar-refractivity contribution in [3.8, 4) is 17.0 Å². The van der Waals surface area contributed by atoms with Gasteiger partial charge in [0.1, 0.15) is 13.2 Å². The van der Waals surface area contributed by atoms with Gasteiger partial charge >= 0.3 is 11.6 Å². The molecule has 0 atom stereocenters. The van der Waals surface area contributed by atoms with Crippen LogP contribution >= 0.6 is 0 Å². The average Bonchev–Trinajstić information content (AvgIpc) is 2.87. The minimum absolute atomic E-state index is 0.181. The lowest BCUT2D eigenvalue weighted by Gasteiger charge is -2.09. The second-order valence-electron chi connectivity index (χ2n) is 7.87. The number of esters is 1. The first-order valence-corrected chi connectivity index (χ1v) is 11.7. The SMILES string of the molecule is C=CC(=O)OCCOCCOCCOCCOc1ccc2cc(-c3cc(C)ccc3C)c(=O)oc2n1. The Kier molecular flexibility index (Phi) is 10.6. The largest absolute Gasteiger partial charge is 0.475 e. The predicted octanol–water partition coefficient (Wildman–Crippen LogP) is 3.63. The summed E-state index contributed by atoms with van der Waals surface area (Å²) in [6.45, 7) is 10.00. The number of ether oxygens (including phenoxy) is 5. The normalized spacial score (nSPS) is 10.9. The number of pyridine rings is 1. The molecule has 0 spiro atoms. The highest BCUT2D eigenvalue weighted by atomic mass is 16.6. The molecule has 0 aliphatic heterocycles. The first kappa shape index (κ1) is 27.1. The number of rotatable bonds is 15. The molecule has 0 saturated heterocycles. The molecule has 3 aromatic rings. The minimum Gasteiger partial charge on any atom is -0.475 e. The van der Waals surface area contributed by atoms with Gasteiger partial charge in [0.15, 0.2) is 0 Å². The third-order valence-corrected chi connectivity index (χ3v) is 5.12. The molecule has 0 N–H and O–H groups in total. The van der Waals surface area contributed by atoms with Gasteiger partial charge in [0.2, 0.25) is 11.6 Å². The molecule has 0 unspecified atom stereocenters. The summed E-state index contributed by atoms with van der Waals surface area (Å²) in [4.78, 5) is 27.8. The highest BCUT2D eigenvalue weighted by Crippen LogP contribution is 2.25. The van der Waals surface area contributed by atoms with Crippen LogP contribution in [0, 0.1) is 13.8 Å². The maximum Gasteiger partial charge on any atom is 0.345 e. The van der Waals surface area contributed by atoms with Gasteiger partial charge in [0.05, 0.1) is 45.2 Å². The van der Waals surface area contributed by atoms with E-state index in [4.69, 9.17) is 28.1 Å². The van der Waals surface area contributed by atoms with Crippen molar-refractivity contribution in [2.75, 3.05) is 52.9 Å².